The van der Waals surface area contributed by atoms with E-state index in [9.17, 15) is 4.79 Å². The largest absolute Gasteiger partial charge is 0.395 e. The SMILES string of the molecule is NNc1nc(N)cc(/C(=C/C=O)c2cnn(Cc3ccccc3)c2)c1N. The number of carbonyl (C=O) groups is 1. The van der Waals surface area contributed by atoms with Gasteiger partial charge in [-0.25, -0.2) is 10.8 Å². The summed E-state index contributed by atoms with van der Waals surface area (Å²) < 4.78 is 1.78. The number of nitrogens with one attached hydrogen (secondary N) is 1. The lowest BCUT2D eigenvalue weighted by Crippen LogP contribution is -2.13. The summed E-state index contributed by atoms with van der Waals surface area (Å²) >= 11 is 0. The predicted octanol–water partition coefficient (Wildman–Crippen LogP) is 1.41. The van der Waals surface area contributed by atoms with Crippen molar-refractivity contribution in [3.63, 3.8) is 0 Å². The van der Waals surface area contributed by atoms with Gasteiger partial charge in [0.05, 0.1) is 18.4 Å². The minimum absolute atomic E-state index is 0.232. The second-order valence-corrected chi connectivity index (χ2v) is 5.63. The summed E-state index contributed by atoms with van der Waals surface area (Å²) in [5, 5.41) is 4.37. The highest BCUT2D eigenvalue weighted by Gasteiger charge is 2.15. The molecule has 0 aliphatic heterocycles. The number of carbonyl (C=O) groups excluding carboxylic acids is 1. The highest BCUT2D eigenvalue weighted by molar-refractivity contribution is 5.95. The van der Waals surface area contributed by atoms with Gasteiger partial charge in [-0.15, -0.1) is 0 Å². The molecule has 0 spiro atoms. The van der Waals surface area contributed by atoms with Gasteiger partial charge in [-0.3, -0.25) is 9.48 Å². The summed E-state index contributed by atoms with van der Waals surface area (Å²) in [6.07, 6.45) is 5.61. The average Bonchev–Trinajstić information content (AvgIpc) is 3.10. The van der Waals surface area contributed by atoms with Crippen LogP contribution >= 0.6 is 0 Å². The number of nitrogens with zero attached hydrogens (tertiary/aromatic N) is 3. The van der Waals surface area contributed by atoms with E-state index in [0.717, 1.165) is 11.1 Å². The fourth-order valence-corrected chi connectivity index (χ4v) is 2.68. The number of aldehydes is 1. The van der Waals surface area contributed by atoms with Crippen LogP contribution in [0.15, 0.2) is 54.9 Å². The monoisotopic (exact) mass is 349 g/mol. The van der Waals surface area contributed by atoms with Crippen LogP contribution in [0.5, 0.6) is 0 Å². The molecule has 2 heterocycles. The van der Waals surface area contributed by atoms with Crippen molar-refractivity contribution in [3.05, 3.63) is 71.6 Å². The minimum Gasteiger partial charge on any atom is -0.395 e. The van der Waals surface area contributed by atoms with Crippen molar-refractivity contribution >= 4 is 29.2 Å². The van der Waals surface area contributed by atoms with E-state index in [0.29, 0.717) is 29.7 Å². The van der Waals surface area contributed by atoms with E-state index in [1.807, 2.05) is 36.5 Å². The zero-order valence-corrected chi connectivity index (χ0v) is 14.0. The van der Waals surface area contributed by atoms with Crippen LogP contribution in [0, 0.1) is 0 Å². The minimum atomic E-state index is 0.232. The smallest absolute Gasteiger partial charge is 0.166 e. The van der Waals surface area contributed by atoms with Gasteiger partial charge in [-0.2, -0.15) is 5.10 Å². The van der Waals surface area contributed by atoms with Crippen molar-refractivity contribution < 1.29 is 4.79 Å². The molecule has 0 radical (unpaired) electrons. The second-order valence-electron chi connectivity index (χ2n) is 5.63. The first-order valence-corrected chi connectivity index (χ1v) is 7.87. The van der Waals surface area contributed by atoms with E-state index in [-0.39, 0.29) is 11.6 Å². The van der Waals surface area contributed by atoms with E-state index in [1.165, 1.54) is 6.08 Å². The fraction of sp³-hybridized carbons (Fsp3) is 0.0556. The number of rotatable bonds is 6. The number of pyridine rings is 1. The fourth-order valence-electron chi connectivity index (χ4n) is 2.68. The molecule has 0 atom stereocenters. The van der Waals surface area contributed by atoms with Crippen LogP contribution < -0.4 is 22.7 Å². The topological polar surface area (TPSA) is 138 Å². The van der Waals surface area contributed by atoms with E-state index in [4.69, 9.17) is 17.3 Å². The average molecular weight is 349 g/mol. The first-order valence-electron chi connectivity index (χ1n) is 7.87. The Kier molecular flexibility index (Phi) is 4.95. The maximum Gasteiger partial charge on any atom is 0.166 e. The molecule has 0 fully saturated rings. The Balaban J connectivity index is 1.99. The maximum atomic E-state index is 11.2. The highest BCUT2D eigenvalue weighted by Crippen LogP contribution is 2.32. The Bertz CT molecular complexity index is 947. The van der Waals surface area contributed by atoms with Crippen LogP contribution in [0.25, 0.3) is 5.57 Å². The summed E-state index contributed by atoms with van der Waals surface area (Å²) in [4.78, 5) is 15.2. The first-order chi connectivity index (χ1) is 12.6. The number of hydrazine groups is 1. The number of benzene rings is 1. The van der Waals surface area contributed by atoms with Crippen LogP contribution in [0.3, 0.4) is 0 Å². The quantitative estimate of drug-likeness (QED) is 0.228. The molecule has 3 aromatic rings. The molecule has 0 saturated carbocycles. The Morgan fingerprint density at radius 1 is 1.23 bits per heavy atom. The van der Waals surface area contributed by atoms with Gasteiger partial charge in [0.2, 0.25) is 0 Å². The molecular weight excluding hydrogens is 330 g/mol. The van der Waals surface area contributed by atoms with Crippen molar-refractivity contribution in [2.24, 2.45) is 5.84 Å². The molecule has 26 heavy (non-hydrogen) atoms. The van der Waals surface area contributed by atoms with Crippen molar-refractivity contribution in [1.82, 2.24) is 14.8 Å². The number of nitrogen functional groups attached to an aromatic ring is 3. The second kappa shape index (κ2) is 7.49. The summed E-state index contributed by atoms with van der Waals surface area (Å²) in [5.41, 5.74) is 17.6. The maximum absolute atomic E-state index is 11.2. The van der Waals surface area contributed by atoms with Gasteiger partial charge in [-0.05, 0) is 23.3 Å². The van der Waals surface area contributed by atoms with Gasteiger partial charge >= 0.3 is 0 Å². The molecule has 0 unspecified atom stereocenters. The van der Waals surface area contributed by atoms with Crippen molar-refractivity contribution in [2.75, 3.05) is 16.9 Å². The Hall–Kier alpha value is -3.65. The van der Waals surface area contributed by atoms with Crippen LogP contribution in [-0.4, -0.2) is 21.1 Å². The van der Waals surface area contributed by atoms with E-state index in [1.54, 1.807) is 16.9 Å². The summed E-state index contributed by atoms with van der Waals surface area (Å²) in [7, 11) is 0. The van der Waals surface area contributed by atoms with E-state index < -0.39 is 0 Å². The summed E-state index contributed by atoms with van der Waals surface area (Å²) in [6.45, 7) is 0.610. The van der Waals surface area contributed by atoms with E-state index >= 15 is 0 Å². The Morgan fingerprint density at radius 2 is 2.00 bits per heavy atom. The number of nitrogens with two attached hydrogens (primary N) is 3. The lowest BCUT2D eigenvalue weighted by molar-refractivity contribution is -0.104. The van der Waals surface area contributed by atoms with Crippen LogP contribution in [-0.2, 0) is 11.3 Å². The van der Waals surface area contributed by atoms with Gasteiger partial charge in [0, 0.05) is 17.3 Å². The molecule has 0 amide bonds. The third-order valence-electron chi connectivity index (χ3n) is 3.87. The van der Waals surface area contributed by atoms with Crippen molar-refractivity contribution in [3.8, 4) is 0 Å². The zero-order valence-electron chi connectivity index (χ0n) is 14.0. The number of hydrogen-bond donors (Lipinski definition) is 4. The number of allylic oxidation sites excluding steroid dienone is 1. The number of hydrogen-bond acceptors (Lipinski definition) is 7. The molecule has 8 nitrogen and oxygen atoms in total. The highest BCUT2D eigenvalue weighted by atomic mass is 16.1. The molecule has 7 N–H and O–H groups in total. The molecule has 0 bridgehead atoms. The molecule has 1 aromatic carbocycles. The van der Waals surface area contributed by atoms with Gasteiger partial charge in [0.15, 0.2) is 5.82 Å². The zero-order chi connectivity index (χ0) is 18.5. The van der Waals surface area contributed by atoms with Crippen LogP contribution in [0.1, 0.15) is 16.7 Å². The number of aromatic nitrogens is 3. The standard InChI is InChI=1S/C18H19N7O/c19-16-8-15(17(20)18(23-16)24-21)14(6-7-26)13-9-22-25(11-13)10-12-4-2-1-3-5-12/h1-9,11H,10,20-21H2,(H3,19,23,24)/b14-6+. The molecule has 3 rings (SSSR count). The third kappa shape index (κ3) is 3.55. The van der Waals surface area contributed by atoms with Gasteiger partial charge in [0.25, 0.3) is 0 Å². The van der Waals surface area contributed by atoms with E-state index in [2.05, 4.69) is 15.5 Å². The molecule has 8 heteroatoms. The molecule has 2 aromatic heterocycles. The molecule has 0 aliphatic carbocycles. The van der Waals surface area contributed by atoms with Gasteiger partial charge in [0.1, 0.15) is 12.1 Å². The van der Waals surface area contributed by atoms with Crippen molar-refractivity contribution in [2.45, 2.75) is 6.54 Å². The predicted molar refractivity (Wildman–Crippen MR) is 102 cm³/mol. The van der Waals surface area contributed by atoms with Crippen LogP contribution in [0.2, 0.25) is 0 Å². The molecular formula is C18H19N7O. The molecule has 0 aliphatic rings. The van der Waals surface area contributed by atoms with Crippen LogP contribution in [0.4, 0.5) is 17.3 Å². The summed E-state index contributed by atoms with van der Waals surface area (Å²) in [6, 6.07) is 11.5. The molecule has 132 valence electrons. The summed E-state index contributed by atoms with van der Waals surface area (Å²) in [5.74, 6) is 5.91. The Morgan fingerprint density at radius 3 is 2.69 bits per heavy atom. The third-order valence-corrected chi connectivity index (χ3v) is 3.87. The van der Waals surface area contributed by atoms with Gasteiger partial charge < -0.3 is 16.9 Å². The number of anilines is 3. The molecule has 0 saturated heterocycles. The van der Waals surface area contributed by atoms with Gasteiger partial charge in [-0.1, -0.05) is 30.3 Å². The lowest BCUT2D eigenvalue weighted by atomic mass is 9.99. The Labute approximate surface area is 150 Å². The lowest BCUT2D eigenvalue weighted by Gasteiger charge is -2.13. The normalized spacial score (nSPS) is 11.3. The first kappa shape index (κ1) is 17.2. The van der Waals surface area contributed by atoms with Crippen molar-refractivity contribution in [1.29, 1.82) is 0 Å².